The predicted octanol–water partition coefficient (Wildman–Crippen LogP) is 2.48. The molecule has 0 radical (unpaired) electrons. The molecule has 5 heteroatoms. The average molecular weight is 310 g/mol. The second-order valence-corrected chi connectivity index (χ2v) is 7.89. The first-order chi connectivity index (χ1) is 9.99. The van der Waals surface area contributed by atoms with Crippen molar-refractivity contribution < 1.29 is 8.42 Å². The number of hydrogen-bond acceptors (Lipinski definition) is 3. The van der Waals surface area contributed by atoms with Gasteiger partial charge in [0.25, 0.3) is 0 Å². The minimum Gasteiger partial charge on any atom is -0.316 e. The van der Waals surface area contributed by atoms with Crippen molar-refractivity contribution in [2.75, 3.05) is 19.6 Å². The molecule has 1 atom stereocenters. The van der Waals surface area contributed by atoms with Gasteiger partial charge < -0.3 is 5.32 Å². The van der Waals surface area contributed by atoms with Crippen LogP contribution in [0.3, 0.4) is 0 Å². The fourth-order valence-electron chi connectivity index (χ4n) is 2.69. The molecule has 1 aromatic rings. The van der Waals surface area contributed by atoms with Crippen LogP contribution in [-0.2, 0) is 10.0 Å². The van der Waals surface area contributed by atoms with E-state index in [1.165, 1.54) is 12.8 Å². The first-order valence-electron chi connectivity index (χ1n) is 7.79. The van der Waals surface area contributed by atoms with Crippen LogP contribution >= 0.6 is 0 Å². The van der Waals surface area contributed by atoms with Gasteiger partial charge in [0, 0.05) is 6.54 Å². The number of piperidine rings is 1. The van der Waals surface area contributed by atoms with Crippen LogP contribution in [0.5, 0.6) is 0 Å². The molecule has 1 saturated heterocycles. The average Bonchev–Trinajstić information content (AvgIpc) is 2.48. The van der Waals surface area contributed by atoms with Crippen LogP contribution in [0, 0.1) is 5.92 Å². The monoisotopic (exact) mass is 310 g/mol. The number of rotatable bonds is 6. The molecule has 0 aromatic heterocycles. The SMILES string of the molecule is CC(C)c1cccc(S(=O)(=O)NCCC2CCCNC2)c1. The molecule has 4 nitrogen and oxygen atoms in total. The lowest BCUT2D eigenvalue weighted by Gasteiger charge is -2.22. The first kappa shape index (κ1) is 16.5. The molecular formula is C16H26N2O2S. The molecule has 1 unspecified atom stereocenters. The van der Waals surface area contributed by atoms with Crippen molar-refractivity contribution in [1.82, 2.24) is 10.0 Å². The lowest BCUT2D eigenvalue weighted by molar-refractivity contribution is 0.358. The summed E-state index contributed by atoms with van der Waals surface area (Å²) < 4.78 is 27.4. The standard InChI is InChI=1S/C16H26N2O2S/c1-13(2)15-6-3-7-16(11-15)21(19,20)18-10-8-14-5-4-9-17-12-14/h3,6-7,11,13-14,17-18H,4-5,8-10,12H2,1-2H3. The highest BCUT2D eigenvalue weighted by atomic mass is 32.2. The molecule has 0 spiro atoms. The predicted molar refractivity (Wildman–Crippen MR) is 85.9 cm³/mol. The molecule has 21 heavy (non-hydrogen) atoms. The summed E-state index contributed by atoms with van der Waals surface area (Å²) in [4.78, 5) is 0.371. The van der Waals surface area contributed by atoms with Crippen molar-refractivity contribution >= 4 is 10.0 Å². The van der Waals surface area contributed by atoms with Crippen LogP contribution in [0.1, 0.15) is 44.6 Å². The van der Waals surface area contributed by atoms with Gasteiger partial charge in [-0.05, 0) is 61.9 Å². The lowest BCUT2D eigenvalue weighted by atomic mass is 9.96. The summed E-state index contributed by atoms with van der Waals surface area (Å²) in [6, 6.07) is 7.22. The zero-order valence-electron chi connectivity index (χ0n) is 12.9. The second kappa shape index (κ2) is 7.38. The zero-order valence-corrected chi connectivity index (χ0v) is 13.7. The van der Waals surface area contributed by atoms with E-state index < -0.39 is 10.0 Å². The van der Waals surface area contributed by atoms with Gasteiger partial charge in [-0.25, -0.2) is 13.1 Å². The van der Waals surface area contributed by atoms with Crippen molar-refractivity contribution in [2.45, 2.75) is 43.9 Å². The number of benzene rings is 1. The molecule has 0 saturated carbocycles. The van der Waals surface area contributed by atoms with Crippen LogP contribution < -0.4 is 10.0 Å². The minimum absolute atomic E-state index is 0.327. The fourth-order valence-corrected chi connectivity index (χ4v) is 3.79. The quantitative estimate of drug-likeness (QED) is 0.848. The third-order valence-electron chi connectivity index (χ3n) is 4.08. The van der Waals surface area contributed by atoms with Gasteiger partial charge in [0.05, 0.1) is 4.90 Å². The van der Waals surface area contributed by atoms with Crippen molar-refractivity contribution in [3.05, 3.63) is 29.8 Å². The van der Waals surface area contributed by atoms with E-state index in [1.54, 1.807) is 12.1 Å². The molecule has 0 aliphatic carbocycles. The van der Waals surface area contributed by atoms with Gasteiger partial charge in [0.15, 0.2) is 0 Å². The number of nitrogens with one attached hydrogen (secondary N) is 2. The molecule has 1 fully saturated rings. The molecule has 1 aromatic carbocycles. The van der Waals surface area contributed by atoms with E-state index in [2.05, 4.69) is 23.9 Å². The summed E-state index contributed by atoms with van der Waals surface area (Å²) in [5, 5.41) is 3.36. The summed E-state index contributed by atoms with van der Waals surface area (Å²) in [7, 11) is -3.39. The van der Waals surface area contributed by atoms with Gasteiger partial charge in [-0.1, -0.05) is 26.0 Å². The zero-order chi connectivity index (χ0) is 15.3. The second-order valence-electron chi connectivity index (χ2n) is 6.13. The Morgan fingerprint density at radius 3 is 2.86 bits per heavy atom. The maximum Gasteiger partial charge on any atom is 0.240 e. The molecular weight excluding hydrogens is 284 g/mol. The van der Waals surface area contributed by atoms with E-state index >= 15 is 0 Å². The fraction of sp³-hybridized carbons (Fsp3) is 0.625. The molecule has 2 rings (SSSR count). The highest BCUT2D eigenvalue weighted by molar-refractivity contribution is 7.89. The summed E-state index contributed by atoms with van der Waals surface area (Å²) in [6.07, 6.45) is 3.28. The highest BCUT2D eigenvalue weighted by Gasteiger charge is 2.17. The van der Waals surface area contributed by atoms with E-state index in [0.29, 0.717) is 23.3 Å². The largest absolute Gasteiger partial charge is 0.316 e. The molecule has 0 bridgehead atoms. The maximum atomic E-state index is 12.3. The van der Waals surface area contributed by atoms with Crippen molar-refractivity contribution in [3.63, 3.8) is 0 Å². The summed E-state index contributed by atoms with van der Waals surface area (Å²) >= 11 is 0. The van der Waals surface area contributed by atoms with Crippen LogP contribution in [0.15, 0.2) is 29.2 Å². The van der Waals surface area contributed by atoms with Crippen molar-refractivity contribution in [3.8, 4) is 0 Å². The third kappa shape index (κ3) is 4.80. The minimum atomic E-state index is -3.39. The normalized spacial score (nSPS) is 19.9. The smallest absolute Gasteiger partial charge is 0.240 e. The van der Waals surface area contributed by atoms with Gasteiger partial charge in [-0.15, -0.1) is 0 Å². The highest BCUT2D eigenvalue weighted by Crippen LogP contribution is 2.19. The van der Waals surface area contributed by atoms with Crippen LogP contribution in [0.2, 0.25) is 0 Å². The van der Waals surface area contributed by atoms with Gasteiger partial charge in [0.1, 0.15) is 0 Å². The number of hydrogen-bond donors (Lipinski definition) is 2. The summed E-state index contributed by atoms with van der Waals surface area (Å²) in [5.74, 6) is 0.914. The van der Waals surface area contributed by atoms with E-state index in [9.17, 15) is 8.42 Å². The molecule has 1 heterocycles. The van der Waals surface area contributed by atoms with E-state index in [0.717, 1.165) is 25.1 Å². The first-order valence-corrected chi connectivity index (χ1v) is 9.27. The van der Waals surface area contributed by atoms with E-state index in [4.69, 9.17) is 0 Å². The summed E-state index contributed by atoms with van der Waals surface area (Å²) in [5.41, 5.74) is 1.05. The van der Waals surface area contributed by atoms with E-state index in [-0.39, 0.29) is 0 Å². The van der Waals surface area contributed by atoms with Gasteiger partial charge in [-0.2, -0.15) is 0 Å². The maximum absolute atomic E-state index is 12.3. The molecule has 2 N–H and O–H groups in total. The Labute approximate surface area is 128 Å². The summed E-state index contributed by atoms with van der Waals surface area (Å²) in [6.45, 7) is 6.74. The Morgan fingerprint density at radius 1 is 1.38 bits per heavy atom. The number of sulfonamides is 1. The topological polar surface area (TPSA) is 58.2 Å². The van der Waals surface area contributed by atoms with Gasteiger partial charge >= 0.3 is 0 Å². The van der Waals surface area contributed by atoms with Gasteiger partial charge in [0.2, 0.25) is 10.0 Å². The van der Waals surface area contributed by atoms with Crippen LogP contribution in [0.4, 0.5) is 0 Å². The molecule has 1 aliphatic rings. The van der Waals surface area contributed by atoms with Crippen LogP contribution in [-0.4, -0.2) is 28.1 Å². The van der Waals surface area contributed by atoms with Crippen molar-refractivity contribution in [1.29, 1.82) is 0 Å². The van der Waals surface area contributed by atoms with Crippen LogP contribution in [0.25, 0.3) is 0 Å². The molecule has 1 aliphatic heterocycles. The Morgan fingerprint density at radius 2 is 2.19 bits per heavy atom. The van der Waals surface area contributed by atoms with Crippen molar-refractivity contribution in [2.24, 2.45) is 5.92 Å². The Kier molecular flexibility index (Phi) is 5.79. The van der Waals surface area contributed by atoms with Gasteiger partial charge in [-0.3, -0.25) is 0 Å². The Bertz CT molecular complexity index is 549. The molecule has 0 amide bonds. The Balaban J connectivity index is 1.93. The van der Waals surface area contributed by atoms with E-state index in [1.807, 2.05) is 12.1 Å². The molecule has 118 valence electrons. The lowest BCUT2D eigenvalue weighted by Crippen LogP contribution is -2.33. The Hall–Kier alpha value is -0.910. The third-order valence-corrected chi connectivity index (χ3v) is 5.54.